The molecule has 2 aliphatic rings. The highest BCUT2D eigenvalue weighted by molar-refractivity contribution is 8.23. The molecule has 2 heterocycles. The maximum atomic E-state index is 4.62. The molecule has 0 bridgehead atoms. The fourth-order valence-corrected chi connectivity index (χ4v) is 1.92. The van der Waals surface area contributed by atoms with Crippen LogP contribution in [0.3, 0.4) is 0 Å². The summed E-state index contributed by atoms with van der Waals surface area (Å²) in [6.07, 6.45) is 0. The van der Waals surface area contributed by atoms with Crippen LogP contribution in [-0.4, -0.2) is 4.45 Å². The van der Waals surface area contributed by atoms with Crippen LogP contribution < -0.4 is 0 Å². The topological polar surface area (TPSA) is 25.1 Å². The van der Waals surface area contributed by atoms with Crippen molar-refractivity contribution < 1.29 is 9.78 Å². The summed E-state index contributed by atoms with van der Waals surface area (Å²) in [4.78, 5) is 9.24. The van der Waals surface area contributed by atoms with Gasteiger partial charge in [-0.2, -0.15) is 9.78 Å². The molecule has 0 aliphatic carbocycles. The summed E-state index contributed by atoms with van der Waals surface area (Å²) in [5, 5.41) is 3.91. The zero-order chi connectivity index (χ0) is 4.74. The molecule has 0 amide bonds. The van der Waals surface area contributed by atoms with Gasteiger partial charge in [-0.3, -0.25) is 0 Å². The molecule has 0 aromatic rings. The zero-order valence-electron chi connectivity index (χ0n) is 3.29. The predicted octanol–water partition coefficient (Wildman–Crippen LogP) is 1.51. The summed E-state index contributed by atoms with van der Waals surface area (Å²) in [6.45, 7) is 0. The molecule has 1 spiro atoms. The van der Waals surface area contributed by atoms with Crippen LogP contribution in [0.5, 0.6) is 0 Å². The highest BCUT2D eigenvalue weighted by Gasteiger charge is 2.52. The van der Waals surface area contributed by atoms with E-state index in [0.717, 1.165) is 0 Å². The first kappa shape index (κ1) is 4.26. The molecule has 0 N–H and O–H groups in total. The first-order valence-corrected chi connectivity index (χ1v) is 3.55. The van der Waals surface area contributed by atoms with Gasteiger partial charge in [0.05, 0.1) is 0 Å². The zero-order valence-corrected chi connectivity index (χ0v) is 4.92. The van der Waals surface area contributed by atoms with Crippen LogP contribution in [0.25, 0.3) is 0 Å². The van der Waals surface area contributed by atoms with Gasteiger partial charge in [0.2, 0.25) is 0 Å². The highest BCUT2D eigenvalue weighted by Crippen LogP contribution is 2.56. The molecule has 7 heavy (non-hydrogen) atoms. The first-order valence-electron chi connectivity index (χ1n) is 1.79. The lowest BCUT2D eigenvalue weighted by Gasteiger charge is -1.84. The SMILES string of the molecule is C1=CSC2(OO2)S1. The van der Waals surface area contributed by atoms with Gasteiger partial charge < -0.3 is 0 Å². The summed E-state index contributed by atoms with van der Waals surface area (Å²) in [7, 11) is 0. The van der Waals surface area contributed by atoms with E-state index in [4.69, 9.17) is 0 Å². The minimum atomic E-state index is -0.333. The number of hydrogen-bond acceptors (Lipinski definition) is 4. The van der Waals surface area contributed by atoms with Crippen molar-refractivity contribution in [2.75, 3.05) is 0 Å². The Labute approximate surface area is 49.2 Å². The number of rotatable bonds is 0. The Kier molecular flexibility index (Phi) is 0.728. The molecule has 0 unspecified atom stereocenters. The first-order chi connectivity index (χ1) is 3.41. The number of hydrogen-bond donors (Lipinski definition) is 0. The molecule has 2 nitrogen and oxygen atoms in total. The van der Waals surface area contributed by atoms with E-state index < -0.39 is 0 Å². The lowest BCUT2D eigenvalue weighted by Crippen LogP contribution is -1.86. The third-order valence-electron chi connectivity index (χ3n) is 0.700. The van der Waals surface area contributed by atoms with Crippen LogP contribution >= 0.6 is 23.5 Å². The Bertz CT molecular complexity index is 108. The average Bonchev–Trinajstić information content (AvgIpc) is 2.15. The Morgan fingerprint density at radius 3 is 2.00 bits per heavy atom. The van der Waals surface area contributed by atoms with Crippen molar-refractivity contribution in [3.63, 3.8) is 0 Å². The van der Waals surface area contributed by atoms with Gasteiger partial charge in [-0.15, -0.1) is 0 Å². The average molecular weight is 134 g/mol. The van der Waals surface area contributed by atoms with Gasteiger partial charge in [0.1, 0.15) is 0 Å². The molecule has 0 aromatic heterocycles. The van der Waals surface area contributed by atoms with Crippen molar-refractivity contribution >= 4 is 23.5 Å². The van der Waals surface area contributed by atoms with E-state index in [2.05, 4.69) is 9.78 Å². The van der Waals surface area contributed by atoms with Crippen molar-refractivity contribution in [2.24, 2.45) is 0 Å². The van der Waals surface area contributed by atoms with E-state index in [9.17, 15) is 0 Å². The van der Waals surface area contributed by atoms with Crippen molar-refractivity contribution in [3.05, 3.63) is 10.8 Å². The largest absolute Gasteiger partial charge is 0.334 e. The van der Waals surface area contributed by atoms with Crippen LogP contribution in [0, 0.1) is 0 Å². The fraction of sp³-hybridized carbons (Fsp3) is 0.333. The van der Waals surface area contributed by atoms with Crippen LogP contribution in [0.4, 0.5) is 0 Å². The lowest BCUT2D eigenvalue weighted by atomic mass is 11.3. The maximum Gasteiger partial charge on any atom is 0.334 e. The molecule has 1 fully saturated rings. The molecule has 38 valence electrons. The summed E-state index contributed by atoms with van der Waals surface area (Å²) < 4.78 is -0.333. The Hall–Kier alpha value is 0.360. The highest BCUT2D eigenvalue weighted by atomic mass is 32.2. The maximum absolute atomic E-state index is 4.62. The standard InChI is InChI=1S/C3H2O2S2/c1-2-7-3(6-1)4-5-3/h1-2H. The molecule has 1 saturated heterocycles. The van der Waals surface area contributed by atoms with Crippen LogP contribution in [0.1, 0.15) is 0 Å². The monoisotopic (exact) mass is 134 g/mol. The van der Waals surface area contributed by atoms with E-state index in [1.807, 2.05) is 10.8 Å². The van der Waals surface area contributed by atoms with E-state index >= 15 is 0 Å². The van der Waals surface area contributed by atoms with Crippen LogP contribution in [0.15, 0.2) is 10.8 Å². The molecule has 4 heteroatoms. The Morgan fingerprint density at radius 1 is 1.14 bits per heavy atom. The van der Waals surface area contributed by atoms with Gasteiger partial charge in [-0.05, 0) is 10.8 Å². The third kappa shape index (κ3) is 0.586. The van der Waals surface area contributed by atoms with Gasteiger partial charge >= 0.3 is 4.45 Å². The minimum Gasteiger partial charge on any atom is -0.169 e. The second-order valence-corrected chi connectivity index (χ2v) is 3.52. The van der Waals surface area contributed by atoms with Crippen LogP contribution in [-0.2, 0) is 9.78 Å². The van der Waals surface area contributed by atoms with E-state index in [-0.39, 0.29) is 4.45 Å². The molecule has 0 atom stereocenters. The van der Waals surface area contributed by atoms with Crippen molar-refractivity contribution in [1.82, 2.24) is 0 Å². The van der Waals surface area contributed by atoms with Crippen molar-refractivity contribution in [3.8, 4) is 0 Å². The molecule has 0 aromatic carbocycles. The Balaban J connectivity index is 2.14. The number of thioether (sulfide) groups is 2. The predicted molar refractivity (Wildman–Crippen MR) is 29.2 cm³/mol. The van der Waals surface area contributed by atoms with Crippen molar-refractivity contribution in [1.29, 1.82) is 0 Å². The second kappa shape index (κ2) is 1.20. The normalized spacial score (nSPS) is 32.0. The van der Waals surface area contributed by atoms with Gasteiger partial charge in [0.15, 0.2) is 0 Å². The van der Waals surface area contributed by atoms with Gasteiger partial charge in [-0.25, -0.2) is 0 Å². The van der Waals surface area contributed by atoms with Gasteiger partial charge in [-0.1, -0.05) is 23.5 Å². The second-order valence-electron chi connectivity index (χ2n) is 1.17. The lowest BCUT2D eigenvalue weighted by molar-refractivity contribution is 0.0850. The summed E-state index contributed by atoms with van der Waals surface area (Å²) in [6, 6.07) is 0. The molecular formula is C3H2O2S2. The van der Waals surface area contributed by atoms with Gasteiger partial charge in [0.25, 0.3) is 0 Å². The quantitative estimate of drug-likeness (QED) is 0.370. The molecule has 2 aliphatic heterocycles. The summed E-state index contributed by atoms with van der Waals surface area (Å²) in [5.41, 5.74) is 0. The fourth-order valence-electron chi connectivity index (χ4n) is 0.363. The van der Waals surface area contributed by atoms with Crippen LogP contribution in [0.2, 0.25) is 0 Å². The third-order valence-corrected chi connectivity index (χ3v) is 2.84. The molecule has 2 rings (SSSR count). The van der Waals surface area contributed by atoms with Gasteiger partial charge in [0, 0.05) is 0 Å². The molecule has 0 saturated carbocycles. The summed E-state index contributed by atoms with van der Waals surface area (Å²) >= 11 is 3.10. The molecular weight excluding hydrogens is 132 g/mol. The summed E-state index contributed by atoms with van der Waals surface area (Å²) in [5.74, 6) is 0. The molecule has 0 radical (unpaired) electrons. The van der Waals surface area contributed by atoms with E-state index in [1.165, 1.54) is 0 Å². The smallest absolute Gasteiger partial charge is 0.169 e. The van der Waals surface area contributed by atoms with Crippen molar-refractivity contribution in [2.45, 2.75) is 4.45 Å². The Morgan fingerprint density at radius 2 is 1.71 bits per heavy atom. The van der Waals surface area contributed by atoms with E-state index in [1.54, 1.807) is 23.5 Å². The van der Waals surface area contributed by atoms with E-state index in [0.29, 0.717) is 0 Å². The minimum absolute atomic E-state index is 0.333.